The summed E-state index contributed by atoms with van der Waals surface area (Å²) in [6.07, 6.45) is 1.64. The first kappa shape index (κ1) is 16.2. The third-order valence-corrected chi connectivity index (χ3v) is 4.58. The molecule has 1 fully saturated rings. The summed E-state index contributed by atoms with van der Waals surface area (Å²) in [6, 6.07) is 12.1. The van der Waals surface area contributed by atoms with Crippen molar-refractivity contribution in [1.82, 2.24) is 0 Å². The van der Waals surface area contributed by atoms with Gasteiger partial charge in [-0.1, -0.05) is 36.1 Å². The van der Waals surface area contributed by atoms with Gasteiger partial charge in [0.25, 0.3) is 11.6 Å². The molecule has 2 aromatic rings. The Kier molecular flexibility index (Phi) is 4.32. The number of rotatable bonds is 3. The summed E-state index contributed by atoms with van der Waals surface area (Å²) in [6.45, 7) is 0. The first-order valence-electron chi connectivity index (χ1n) is 6.77. The van der Waals surface area contributed by atoms with E-state index in [9.17, 15) is 20.0 Å². The number of hydrogen-bond donors (Lipinski definition) is 1. The van der Waals surface area contributed by atoms with E-state index in [1.807, 2.05) is 0 Å². The van der Waals surface area contributed by atoms with Gasteiger partial charge >= 0.3 is 0 Å². The Hall–Kier alpha value is -2.71. The summed E-state index contributed by atoms with van der Waals surface area (Å²) in [4.78, 5) is 24.5. The smallest absolute Gasteiger partial charge is 0.270 e. The van der Waals surface area contributed by atoms with Crippen molar-refractivity contribution in [1.29, 1.82) is 0 Å². The van der Waals surface area contributed by atoms with Crippen LogP contribution in [-0.4, -0.2) is 20.3 Å². The van der Waals surface area contributed by atoms with Crippen LogP contribution in [0.15, 0.2) is 53.4 Å². The molecule has 1 amide bonds. The molecule has 0 aliphatic carbocycles. The minimum Gasteiger partial charge on any atom is -0.508 e. The molecule has 120 valence electrons. The second-order valence-corrected chi connectivity index (χ2v) is 6.56. The van der Waals surface area contributed by atoms with Crippen LogP contribution in [0.2, 0.25) is 0 Å². The zero-order valence-corrected chi connectivity index (χ0v) is 13.7. The molecule has 0 spiro atoms. The summed E-state index contributed by atoms with van der Waals surface area (Å²) in [5, 5.41) is 20.2. The molecule has 1 aliphatic rings. The molecule has 2 aromatic carbocycles. The van der Waals surface area contributed by atoms with Gasteiger partial charge in [0.2, 0.25) is 0 Å². The van der Waals surface area contributed by atoms with Gasteiger partial charge in [-0.15, -0.1) is 0 Å². The fourth-order valence-electron chi connectivity index (χ4n) is 2.18. The van der Waals surface area contributed by atoms with Gasteiger partial charge in [-0.05, 0) is 35.9 Å². The molecule has 1 saturated heterocycles. The molecule has 0 atom stereocenters. The van der Waals surface area contributed by atoms with Crippen molar-refractivity contribution in [2.24, 2.45) is 0 Å². The molecule has 6 nitrogen and oxygen atoms in total. The molecule has 0 aromatic heterocycles. The molecule has 1 heterocycles. The van der Waals surface area contributed by atoms with E-state index in [1.54, 1.807) is 30.3 Å². The average molecular weight is 358 g/mol. The highest BCUT2D eigenvalue weighted by molar-refractivity contribution is 8.27. The van der Waals surface area contributed by atoms with Crippen molar-refractivity contribution in [3.8, 4) is 5.75 Å². The highest BCUT2D eigenvalue weighted by Gasteiger charge is 2.33. The maximum atomic E-state index is 12.6. The number of anilines is 1. The van der Waals surface area contributed by atoms with Crippen molar-refractivity contribution in [3.05, 3.63) is 69.1 Å². The number of amides is 1. The number of thiocarbonyl (C=S) groups is 1. The standard InChI is InChI=1S/C16H10N2O4S2/c19-13-3-1-2-10(8-13)9-14-15(20)17(16(23)24-14)11-4-6-12(7-5-11)18(21)22/h1-9,19H/b14-9-. The van der Waals surface area contributed by atoms with Crippen LogP contribution in [0.3, 0.4) is 0 Å². The molecule has 0 unspecified atom stereocenters. The van der Waals surface area contributed by atoms with E-state index in [4.69, 9.17) is 12.2 Å². The van der Waals surface area contributed by atoms with E-state index in [0.29, 0.717) is 20.5 Å². The lowest BCUT2D eigenvalue weighted by Gasteiger charge is -2.13. The number of phenols is 1. The fourth-order valence-corrected chi connectivity index (χ4v) is 3.48. The number of nitro benzene ring substituents is 1. The predicted molar refractivity (Wildman–Crippen MR) is 96.9 cm³/mol. The van der Waals surface area contributed by atoms with Gasteiger partial charge < -0.3 is 5.11 Å². The number of non-ortho nitro benzene ring substituents is 1. The Balaban J connectivity index is 1.90. The third-order valence-electron chi connectivity index (χ3n) is 3.28. The summed E-state index contributed by atoms with van der Waals surface area (Å²) < 4.78 is 0.347. The number of thioether (sulfide) groups is 1. The number of phenolic OH excluding ortho intramolecular Hbond substituents is 1. The van der Waals surface area contributed by atoms with Gasteiger partial charge in [0.15, 0.2) is 4.32 Å². The monoisotopic (exact) mass is 358 g/mol. The highest BCUT2D eigenvalue weighted by atomic mass is 32.2. The molecule has 0 saturated carbocycles. The maximum absolute atomic E-state index is 12.6. The number of benzene rings is 2. The molecule has 3 rings (SSSR count). The highest BCUT2D eigenvalue weighted by Crippen LogP contribution is 2.36. The van der Waals surface area contributed by atoms with E-state index < -0.39 is 4.92 Å². The Labute approximate surface area is 146 Å². The van der Waals surface area contributed by atoms with Crippen LogP contribution >= 0.6 is 24.0 Å². The molecule has 1 N–H and O–H groups in total. The predicted octanol–water partition coefficient (Wildman–Crippen LogP) is 3.71. The second kappa shape index (κ2) is 6.42. The lowest BCUT2D eigenvalue weighted by Crippen LogP contribution is -2.27. The average Bonchev–Trinajstić information content (AvgIpc) is 2.81. The number of aromatic hydroxyl groups is 1. The fraction of sp³-hybridized carbons (Fsp3) is 0. The van der Waals surface area contributed by atoms with Crippen LogP contribution in [0.5, 0.6) is 5.75 Å². The Morgan fingerprint density at radius 2 is 1.92 bits per heavy atom. The first-order valence-corrected chi connectivity index (χ1v) is 7.99. The molecule has 1 aliphatic heterocycles. The summed E-state index contributed by atoms with van der Waals surface area (Å²) >= 11 is 6.39. The molecular weight excluding hydrogens is 348 g/mol. The van der Waals surface area contributed by atoms with Gasteiger partial charge in [-0.3, -0.25) is 19.8 Å². The maximum Gasteiger partial charge on any atom is 0.270 e. The third kappa shape index (κ3) is 3.15. The van der Waals surface area contributed by atoms with Gasteiger partial charge in [0.05, 0.1) is 15.5 Å². The van der Waals surface area contributed by atoms with Crippen LogP contribution in [0, 0.1) is 10.1 Å². The Morgan fingerprint density at radius 1 is 1.21 bits per heavy atom. The van der Waals surface area contributed by atoms with E-state index in [2.05, 4.69) is 0 Å². The molecule has 8 heteroatoms. The number of hydrogen-bond acceptors (Lipinski definition) is 6. The minimum atomic E-state index is -0.504. The van der Waals surface area contributed by atoms with Crippen molar-refractivity contribution >= 4 is 51.7 Å². The van der Waals surface area contributed by atoms with Gasteiger partial charge in [-0.25, -0.2) is 0 Å². The van der Waals surface area contributed by atoms with Crippen molar-refractivity contribution in [2.75, 3.05) is 4.90 Å². The zero-order chi connectivity index (χ0) is 17.3. The lowest BCUT2D eigenvalue weighted by atomic mass is 10.2. The summed E-state index contributed by atoms with van der Waals surface area (Å²) in [5.41, 5.74) is 1.10. The first-order chi connectivity index (χ1) is 11.5. The van der Waals surface area contributed by atoms with Gasteiger partial charge in [-0.2, -0.15) is 0 Å². The number of nitrogens with zero attached hydrogens (tertiary/aromatic N) is 2. The number of nitro groups is 1. The Bertz CT molecular complexity index is 878. The number of carbonyl (C=O) groups is 1. The normalized spacial score (nSPS) is 16.0. The van der Waals surface area contributed by atoms with Gasteiger partial charge in [0, 0.05) is 12.1 Å². The van der Waals surface area contributed by atoms with E-state index >= 15 is 0 Å². The largest absolute Gasteiger partial charge is 0.508 e. The van der Waals surface area contributed by atoms with Crippen LogP contribution < -0.4 is 4.90 Å². The van der Waals surface area contributed by atoms with E-state index in [-0.39, 0.29) is 17.3 Å². The van der Waals surface area contributed by atoms with Crippen LogP contribution in [0.4, 0.5) is 11.4 Å². The topological polar surface area (TPSA) is 83.7 Å². The second-order valence-electron chi connectivity index (χ2n) is 4.89. The molecule has 0 bridgehead atoms. The van der Waals surface area contributed by atoms with Crippen molar-refractivity contribution in [2.45, 2.75) is 0 Å². The molecule has 24 heavy (non-hydrogen) atoms. The Morgan fingerprint density at radius 3 is 2.54 bits per heavy atom. The lowest BCUT2D eigenvalue weighted by molar-refractivity contribution is -0.384. The minimum absolute atomic E-state index is 0.0560. The quantitative estimate of drug-likeness (QED) is 0.390. The molecular formula is C16H10N2O4S2. The summed E-state index contributed by atoms with van der Waals surface area (Å²) in [7, 11) is 0. The van der Waals surface area contributed by atoms with Gasteiger partial charge in [0.1, 0.15) is 5.75 Å². The van der Waals surface area contributed by atoms with Crippen molar-refractivity contribution < 1.29 is 14.8 Å². The van der Waals surface area contributed by atoms with Crippen LogP contribution in [0.1, 0.15) is 5.56 Å². The summed E-state index contributed by atoms with van der Waals surface area (Å²) in [5.74, 6) is -0.197. The van der Waals surface area contributed by atoms with Crippen molar-refractivity contribution in [3.63, 3.8) is 0 Å². The number of carbonyl (C=O) groups excluding carboxylic acids is 1. The molecule has 0 radical (unpaired) electrons. The zero-order valence-electron chi connectivity index (χ0n) is 12.1. The van der Waals surface area contributed by atoms with Crippen LogP contribution in [-0.2, 0) is 4.79 Å². The van der Waals surface area contributed by atoms with E-state index in [1.165, 1.54) is 29.2 Å². The van der Waals surface area contributed by atoms with Crippen LogP contribution in [0.25, 0.3) is 6.08 Å². The van der Waals surface area contributed by atoms with E-state index in [0.717, 1.165) is 11.8 Å². The SMILES string of the molecule is O=C1/C(=C/c2cccc(O)c2)SC(=S)N1c1ccc([N+](=O)[O-])cc1.